The summed E-state index contributed by atoms with van der Waals surface area (Å²) in [5, 5.41) is 10.6. The van der Waals surface area contributed by atoms with Crippen molar-refractivity contribution in [1.29, 1.82) is 0 Å². The van der Waals surface area contributed by atoms with Crippen molar-refractivity contribution in [3.63, 3.8) is 0 Å². The largest absolute Gasteiger partial charge is 0.493 e. The second kappa shape index (κ2) is 4.18. The number of aliphatic hydroxyl groups excluding tert-OH is 1. The standard InChI is InChI=1S/C18H23NO3/c1-19-8-7-18-11-4-5-13(20)17(18)22-16-14(21-2)6-3-10(15(16)18)9-12(11)19/h3,6,11-13,17,20H,4-5,7-9H2,1-2H3/t11?,12?,13-,17-,18-/m1/s1. The fourth-order valence-corrected chi connectivity index (χ4v) is 5.86. The molecule has 1 saturated heterocycles. The van der Waals surface area contributed by atoms with Crippen molar-refractivity contribution in [1.82, 2.24) is 4.90 Å². The molecular formula is C18H23NO3. The lowest BCUT2D eigenvalue weighted by molar-refractivity contribution is -0.0993. The van der Waals surface area contributed by atoms with Gasteiger partial charge in [0, 0.05) is 17.0 Å². The van der Waals surface area contributed by atoms with Crippen molar-refractivity contribution < 1.29 is 14.6 Å². The van der Waals surface area contributed by atoms with Gasteiger partial charge in [0.05, 0.1) is 13.2 Å². The van der Waals surface area contributed by atoms with Crippen molar-refractivity contribution in [2.45, 2.75) is 49.3 Å². The first-order valence-corrected chi connectivity index (χ1v) is 8.42. The third kappa shape index (κ3) is 1.32. The lowest BCUT2D eigenvalue weighted by Crippen LogP contribution is -2.66. The molecule has 4 aliphatic rings. The number of likely N-dealkylation sites (tertiary alicyclic amines) is 1. The maximum Gasteiger partial charge on any atom is 0.165 e. The molecule has 4 nitrogen and oxygen atoms in total. The Morgan fingerprint density at radius 2 is 2.23 bits per heavy atom. The Bertz CT molecular complexity index is 645. The van der Waals surface area contributed by atoms with Crippen LogP contribution >= 0.6 is 0 Å². The molecule has 5 atom stereocenters. The highest BCUT2D eigenvalue weighted by molar-refractivity contribution is 5.61. The fraction of sp³-hybridized carbons (Fsp3) is 0.667. The van der Waals surface area contributed by atoms with Crippen LogP contribution in [0.3, 0.4) is 0 Å². The van der Waals surface area contributed by atoms with E-state index in [0.29, 0.717) is 12.0 Å². The van der Waals surface area contributed by atoms with Gasteiger partial charge in [0.2, 0.25) is 0 Å². The van der Waals surface area contributed by atoms with Crippen LogP contribution in [0.15, 0.2) is 12.1 Å². The zero-order valence-corrected chi connectivity index (χ0v) is 13.2. The number of aliphatic hydroxyl groups is 1. The van der Waals surface area contributed by atoms with Crippen LogP contribution in [0.1, 0.15) is 30.4 Å². The normalized spacial score (nSPS) is 41.8. The van der Waals surface area contributed by atoms with E-state index in [1.54, 1.807) is 7.11 Å². The van der Waals surface area contributed by atoms with E-state index in [4.69, 9.17) is 9.47 Å². The summed E-state index contributed by atoms with van der Waals surface area (Å²) in [6.07, 6.45) is 3.69. The minimum Gasteiger partial charge on any atom is -0.493 e. The first-order chi connectivity index (χ1) is 10.7. The maximum atomic E-state index is 10.6. The van der Waals surface area contributed by atoms with Crippen molar-refractivity contribution in [2.24, 2.45) is 5.92 Å². The van der Waals surface area contributed by atoms with Crippen molar-refractivity contribution in [3.05, 3.63) is 23.3 Å². The number of ether oxygens (including phenoxy) is 2. The van der Waals surface area contributed by atoms with E-state index in [-0.39, 0.29) is 17.6 Å². The highest BCUT2D eigenvalue weighted by Crippen LogP contribution is 2.63. The molecule has 0 radical (unpaired) electrons. The number of rotatable bonds is 1. The molecule has 2 fully saturated rings. The fourth-order valence-electron chi connectivity index (χ4n) is 5.86. The molecule has 5 rings (SSSR count). The van der Waals surface area contributed by atoms with Crippen molar-refractivity contribution in [2.75, 3.05) is 20.7 Å². The molecule has 22 heavy (non-hydrogen) atoms. The lowest BCUT2D eigenvalue weighted by atomic mass is 9.51. The molecule has 2 aliphatic heterocycles. The summed E-state index contributed by atoms with van der Waals surface area (Å²) < 4.78 is 11.9. The molecule has 118 valence electrons. The van der Waals surface area contributed by atoms with Gasteiger partial charge in [-0.05, 0) is 56.8 Å². The van der Waals surface area contributed by atoms with E-state index in [1.165, 1.54) is 11.1 Å². The monoisotopic (exact) mass is 301 g/mol. The van der Waals surface area contributed by atoms with Crippen LogP contribution in [0.2, 0.25) is 0 Å². The Kier molecular flexibility index (Phi) is 2.51. The van der Waals surface area contributed by atoms with E-state index < -0.39 is 0 Å². The number of hydrogen-bond donors (Lipinski definition) is 1. The number of piperidine rings is 1. The van der Waals surface area contributed by atoms with Gasteiger partial charge in [-0.1, -0.05) is 6.07 Å². The summed E-state index contributed by atoms with van der Waals surface area (Å²) in [4.78, 5) is 2.52. The molecule has 1 spiro atoms. The predicted octanol–water partition coefficient (Wildman–Crippen LogP) is 1.73. The number of nitrogens with zero attached hydrogens (tertiary/aromatic N) is 1. The summed E-state index contributed by atoms with van der Waals surface area (Å²) >= 11 is 0. The molecule has 1 N–H and O–H groups in total. The molecular weight excluding hydrogens is 278 g/mol. The molecule has 1 saturated carbocycles. The van der Waals surface area contributed by atoms with Crippen molar-refractivity contribution >= 4 is 0 Å². The number of hydrogen-bond acceptors (Lipinski definition) is 4. The summed E-state index contributed by atoms with van der Waals surface area (Å²) in [6, 6.07) is 4.83. The Hall–Kier alpha value is -1.26. The second-order valence-corrected chi connectivity index (χ2v) is 7.46. The first kappa shape index (κ1) is 13.2. The van der Waals surface area contributed by atoms with Gasteiger partial charge in [-0.25, -0.2) is 0 Å². The van der Waals surface area contributed by atoms with Gasteiger partial charge in [0.1, 0.15) is 6.10 Å². The van der Waals surface area contributed by atoms with E-state index in [2.05, 4.69) is 18.0 Å². The molecule has 1 aromatic rings. The summed E-state index contributed by atoms with van der Waals surface area (Å²) in [6.45, 7) is 1.09. The Morgan fingerprint density at radius 3 is 3.05 bits per heavy atom. The summed E-state index contributed by atoms with van der Waals surface area (Å²) in [5.41, 5.74) is 2.77. The quantitative estimate of drug-likeness (QED) is 0.858. The van der Waals surface area contributed by atoms with Gasteiger partial charge >= 0.3 is 0 Å². The van der Waals surface area contributed by atoms with Crippen molar-refractivity contribution in [3.8, 4) is 11.5 Å². The van der Waals surface area contributed by atoms with Gasteiger partial charge in [-0.2, -0.15) is 0 Å². The molecule has 0 amide bonds. The Balaban J connectivity index is 1.80. The molecule has 2 bridgehead atoms. The van der Waals surface area contributed by atoms with Crippen LogP contribution in [0.4, 0.5) is 0 Å². The van der Waals surface area contributed by atoms with E-state index >= 15 is 0 Å². The predicted molar refractivity (Wildman–Crippen MR) is 82.6 cm³/mol. The van der Waals surface area contributed by atoms with Crippen LogP contribution in [-0.2, 0) is 11.8 Å². The van der Waals surface area contributed by atoms with Gasteiger partial charge in [0.25, 0.3) is 0 Å². The Labute approximate surface area is 131 Å². The minimum absolute atomic E-state index is 0.00625. The van der Waals surface area contributed by atoms with Gasteiger partial charge in [-0.15, -0.1) is 0 Å². The molecule has 0 aromatic heterocycles. The summed E-state index contributed by atoms with van der Waals surface area (Å²) in [5.74, 6) is 2.34. The smallest absolute Gasteiger partial charge is 0.165 e. The Morgan fingerprint density at radius 1 is 1.36 bits per heavy atom. The highest BCUT2D eigenvalue weighted by atomic mass is 16.5. The number of likely N-dealkylation sites (N-methyl/N-ethyl adjacent to an activating group) is 1. The topological polar surface area (TPSA) is 41.9 Å². The molecule has 4 heteroatoms. The van der Waals surface area contributed by atoms with Gasteiger partial charge in [-0.3, -0.25) is 0 Å². The third-order valence-electron chi connectivity index (χ3n) is 6.77. The van der Waals surface area contributed by atoms with Crippen LogP contribution in [0.25, 0.3) is 0 Å². The van der Waals surface area contributed by atoms with E-state index in [1.807, 2.05) is 6.07 Å². The maximum absolute atomic E-state index is 10.6. The number of benzene rings is 1. The SMILES string of the molecule is COc1ccc2c3c1O[C@@H]1[C@H](O)CCC4C(C2)N(C)CC[C@]341. The van der Waals surface area contributed by atoms with E-state index in [0.717, 1.165) is 43.7 Å². The second-order valence-electron chi connectivity index (χ2n) is 7.46. The lowest BCUT2D eigenvalue weighted by Gasteiger charge is -2.58. The van der Waals surface area contributed by atoms with Crippen LogP contribution in [0.5, 0.6) is 11.5 Å². The minimum atomic E-state index is -0.358. The average Bonchev–Trinajstić information content (AvgIpc) is 2.88. The first-order valence-electron chi connectivity index (χ1n) is 8.42. The average molecular weight is 301 g/mol. The third-order valence-corrected chi connectivity index (χ3v) is 6.77. The van der Waals surface area contributed by atoms with Crippen LogP contribution < -0.4 is 9.47 Å². The molecule has 2 unspecified atom stereocenters. The zero-order chi connectivity index (χ0) is 15.1. The van der Waals surface area contributed by atoms with Crippen LogP contribution in [0, 0.1) is 5.92 Å². The highest BCUT2D eigenvalue weighted by Gasteiger charge is 2.65. The van der Waals surface area contributed by atoms with E-state index in [9.17, 15) is 5.11 Å². The number of methoxy groups -OCH3 is 1. The van der Waals surface area contributed by atoms with Gasteiger partial charge < -0.3 is 19.5 Å². The molecule has 2 heterocycles. The zero-order valence-electron chi connectivity index (χ0n) is 13.2. The summed E-state index contributed by atoms with van der Waals surface area (Å²) in [7, 11) is 3.96. The molecule has 1 aromatic carbocycles. The van der Waals surface area contributed by atoms with Gasteiger partial charge in [0.15, 0.2) is 11.5 Å². The molecule has 2 aliphatic carbocycles. The van der Waals surface area contributed by atoms with Crippen LogP contribution in [-0.4, -0.2) is 49.0 Å².